The number of nitrogens with one attached hydrogen (secondary N) is 2. The van der Waals surface area contributed by atoms with Crippen molar-refractivity contribution >= 4 is 45.1 Å². The first-order valence-electron chi connectivity index (χ1n) is 12.0. The molecule has 2 amide bonds. The summed E-state index contributed by atoms with van der Waals surface area (Å²) in [6.07, 6.45) is 0.844. The lowest BCUT2D eigenvalue weighted by molar-refractivity contribution is 0.0768. The van der Waals surface area contributed by atoms with Gasteiger partial charge in [-0.1, -0.05) is 38.1 Å². The lowest BCUT2D eigenvalue weighted by Crippen LogP contribution is -2.35. The van der Waals surface area contributed by atoms with Gasteiger partial charge in [-0.15, -0.1) is 11.3 Å². The number of aromatic amines is 1. The molecule has 0 spiro atoms. The van der Waals surface area contributed by atoms with Crippen LogP contribution in [0.3, 0.4) is 0 Å². The summed E-state index contributed by atoms with van der Waals surface area (Å²) < 4.78 is 0. The molecule has 1 fully saturated rings. The van der Waals surface area contributed by atoms with Gasteiger partial charge in [0.2, 0.25) is 5.95 Å². The molecule has 2 aromatic carbocycles. The molecule has 1 aliphatic rings. The first-order valence-corrected chi connectivity index (χ1v) is 12.9. The third-order valence-corrected chi connectivity index (χ3v) is 7.25. The minimum Gasteiger partial charge on any atom is -0.341 e. The van der Waals surface area contributed by atoms with E-state index in [9.17, 15) is 9.59 Å². The van der Waals surface area contributed by atoms with Crippen LogP contribution in [-0.4, -0.2) is 52.9 Å². The highest BCUT2D eigenvalue weighted by molar-refractivity contribution is 7.14. The van der Waals surface area contributed by atoms with Gasteiger partial charge in [0.15, 0.2) is 0 Å². The molecule has 8 heteroatoms. The zero-order valence-electron chi connectivity index (χ0n) is 20.0. The van der Waals surface area contributed by atoms with Crippen molar-refractivity contribution in [1.29, 1.82) is 0 Å². The van der Waals surface area contributed by atoms with Gasteiger partial charge < -0.3 is 20.1 Å². The molecule has 1 saturated heterocycles. The van der Waals surface area contributed by atoms with Crippen LogP contribution in [0.4, 0.5) is 10.9 Å². The molecular formula is C27H29N5O2S. The Labute approximate surface area is 208 Å². The number of anilines is 2. The molecule has 2 aromatic heterocycles. The van der Waals surface area contributed by atoms with Crippen molar-refractivity contribution in [3.05, 3.63) is 76.7 Å². The van der Waals surface area contributed by atoms with Gasteiger partial charge in [0, 0.05) is 31.7 Å². The molecule has 2 N–H and O–H groups in total. The summed E-state index contributed by atoms with van der Waals surface area (Å²) >= 11 is 1.37. The normalized spacial score (nSPS) is 14.4. The summed E-state index contributed by atoms with van der Waals surface area (Å²) in [4.78, 5) is 38.4. The number of thiophene rings is 1. The Morgan fingerprint density at radius 3 is 2.57 bits per heavy atom. The van der Waals surface area contributed by atoms with Crippen LogP contribution in [0, 0.1) is 0 Å². The fourth-order valence-electron chi connectivity index (χ4n) is 4.36. The van der Waals surface area contributed by atoms with Gasteiger partial charge >= 0.3 is 0 Å². The van der Waals surface area contributed by atoms with Crippen molar-refractivity contribution in [2.24, 2.45) is 0 Å². The second-order valence-electron chi connectivity index (χ2n) is 9.10. The van der Waals surface area contributed by atoms with Gasteiger partial charge in [-0.3, -0.25) is 9.59 Å². The minimum atomic E-state index is -0.205. The second kappa shape index (κ2) is 9.92. The molecular weight excluding hydrogens is 458 g/mol. The highest BCUT2D eigenvalue weighted by Crippen LogP contribution is 2.27. The molecule has 7 nitrogen and oxygen atoms in total. The Morgan fingerprint density at radius 1 is 1.00 bits per heavy atom. The Hall–Kier alpha value is -3.65. The topological polar surface area (TPSA) is 81.3 Å². The quantitative estimate of drug-likeness (QED) is 0.397. The van der Waals surface area contributed by atoms with Crippen LogP contribution in [0.25, 0.3) is 11.0 Å². The first-order chi connectivity index (χ1) is 17.0. The number of hydrogen-bond donors (Lipinski definition) is 2. The van der Waals surface area contributed by atoms with Crippen LogP contribution >= 0.6 is 11.3 Å². The van der Waals surface area contributed by atoms with E-state index in [2.05, 4.69) is 29.0 Å². The second-order valence-corrected chi connectivity index (χ2v) is 10.0. The van der Waals surface area contributed by atoms with Crippen molar-refractivity contribution in [1.82, 2.24) is 14.9 Å². The number of imidazole rings is 1. The maximum atomic E-state index is 13.4. The molecule has 5 rings (SSSR count). The standard InChI is InChI=1S/C27H29N5O2S/c1-18(2)19-8-10-20(11-9-19)24(33)30-25-21(12-17-35-25)26(34)31-13-5-14-32(16-15-31)27-28-22-6-3-4-7-23(22)29-27/h3-4,6-12,17-18H,5,13-16H2,1-2H3,(H,28,29)(H,30,33). The maximum Gasteiger partial charge on any atom is 0.256 e. The largest absolute Gasteiger partial charge is 0.341 e. The summed E-state index contributed by atoms with van der Waals surface area (Å²) in [5, 5.41) is 5.39. The van der Waals surface area contributed by atoms with Crippen molar-refractivity contribution in [3.8, 4) is 0 Å². The van der Waals surface area contributed by atoms with Crippen LogP contribution < -0.4 is 10.2 Å². The summed E-state index contributed by atoms with van der Waals surface area (Å²) in [5.41, 5.74) is 4.26. The lowest BCUT2D eigenvalue weighted by Gasteiger charge is -2.22. The number of benzene rings is 2. The smallest absolute Gasteiger partial charge is 0.256 e. The zero-order valence-corrected chi connectivity index (χ0v) is 20.8. The zero-order chi connectivity index (χ0) is 24.4. The van der Waals surface area contributed by atoms with E-state index in [4.69, 9.17) is 4.98 Å². The SMILES string of the molecule is CC(C)c1ccc(C(=O)Nc2sccc2C(=O)N2CCCN(c3nc4ccccc4[nH]3)CC2)cc1. The molecule has 180 valence electrons. The van der Waals surface area contributed by atoms with Crippen molar-refractivity contribution < 1.29 is 9.59 Å². The Bertz CT molecular complexity index is 1310. The van der Waals surface area contributed by atoms with E-state index in [1.165, 1.54) is 16.9 Å². The van der Waals surface area contributed by atoms with E-state index in [0.29, 0.717) is 41.7 Å². The predicted octanol–water partition coefficient (Wildman–Crippen LogP) is 5.35. The average molecular weight is 488 g/mol. The Kier molecular flexibility index (Phi) is 6.55. The monoisotopic (exact) mass is 487 g/mol. The van der Waals surface area contributed by atoms with Crippen LogP contribution in [-0.2, 0) is 0 Å². The van der Waals surface area contributed by atoms with Crippen LogP contribution in [0.2, 0.25) is 0 Å². The molecule has 3 heterocycles. The number of aromatic nitrogens is 2. The van der Waals surface area contributed by atoms with Crippen molar-refractivity contribution in [2.75, 3.05) is 36.4 Å². The molecule has 1 aliphatic heterocycles. The van der Waals surface area contributed by atoms with E-state index in [1.54, 1.807) is 6.07 Å². The molecule has 35 heavy (non-hydrogen) atoms. The summed E-state index contributed by atoms with van der Waals surface area (Å²) in [6.45, 7) is 7.02. The number of para-hydroxylation sites is 2. The van der Waals surface area contributed by atoms with Gasteiger partial charge in [-0.05, 0) is 53.6 Å². The number of H-pyrrole nitrogens is 1. The van der Waals surface area contributed by atoms with Gasteiger partial charge in [0.25, 0.3) is 11.8 Å². The minimum absolute atomic E-state index is 0.0526. The number of hydrogen-bond acceptors (Lipinski definition) is 5. The fraction of sp³-hybridized carbons (Fsp3) is 0.296. The molecule has 0 saturated carbocycles. The third kappa shape index (κ3) is 4.93. The number of fused-ring (bicyclic) bond motifs is 1. The lowest BCUT2D eigenvalue weighted by atomic mass is 10.0. The highest BCUT2D eigenvalue weighted by Gasteiger charge is 2.25. The molecule has 0 bridgehead atoms. The Morgan fingerprint density at radius 2 is 1.80 bits per heavy atom. The number of carbonyl (C=O) groups excluding carboxylic acids is 2. The summed E-state index contributed by atoms with van der Waals surface area (Å²) in [7, 11) is 0. The number of carbonyl (C=O) groups is 2. The van der Waals surface area contributed by atoms with Crippen molar-refractivity contribution in [2.45, 2.75) is 26.2 Å². The van der Waals surface area contributed by atoms with E-state index >= 15 is 0 Å². The van der Waals surface area contributed by atoms with Gasteiger partial charge in [0.05, 0.1) is 16.6 Å². The van der Waals surface area contributed by atoms with Gasteiger partial charge in [-0.2, -0.15) is 0 Å². The summed E-state index contributed by atoms with van der Waals surface area (Å²) in [6, 6.07) is 17.4. The predicted molar refractivity (Wildman–Crippen MR) is 142 cm³/mol. The Balaban J connectivity index is 1.25. The molecule has 4 aromatic rings. The van der Waals surface area contributed by atoms with Gasteiger partial charge in [-0.25, -0.2) is 4.98 Å². The van der Waals surface area contributed by atoms with E-state index < -0.39 is 0 Å². The molecule has 0 radical (unpaired) electrons. The highest BCUT2D eigenvalue weighted by atomic mass is 32.1. The maximum absolute atomic E-state index is 13.4. The average Bonchev–Trinajstić information content (AvgIpc) is 3.43. The van der Waals surface area contributed by atoms with Crippen LogP contribution in [0.15, 0.2) is 60.0 Å². The first kappa shape index (κ1) is 23.1. The molecule has 0 atom stereocenters. The van der Waals surface area contributed by atoms with E-state index in [-0.39, 0.29) is 11.8 Å². The number of nitrogens with zero attached hydrogens (tertiary/aromatic N) is 3. The van der Waals surface area contributed by atoms with Crippen LogP contribution in [0.1, 0.15) is 52.5 Å². The van der Waals surface area contributed by atoms with E-state index in [1.807, 2.05) is 58.8 Å². The fourth-order valence-corrected chi connectivity index (χ4v) is 5.14. The third-order valence-electron chi connectivity index (χ3n) is 6.42. The molecule has 0 unspecified atom stereocenters. The van der Waals surface area contributed by atoms with Gasteiger partial charge in [0.1, 0.15) is 5.00 Å². The molecule has 0 aliphatic carbocycles. The summed E-state index contributed by atoms with van der Waals surface area (Å²) in [5.74, 6) is 0.990. The number of rotatable bonds is 5. The van der Waals surface area contributed by atoms with Crippen molar-refractivity contribution in [3.63, 3.8) is 0 Å². The number of amides is 2. The van der Waals surface area contributed by atoms with E-state index in [0.717, 1.165) is 29.9 Å². The van der Waals surface area contributed by atoms with Crippen LogP contribution in [0.5, 0.6) is 0 Å².